The molecule has 1 saturated heterocycles. The Morgan fingerprint density at radius 1 is 1.04 bits per heavy atom. The molecule has 3 aromatic rings. The average Bonchev–Trinajstić information content (AvgIpc) is 2.66. The van der Waals surface area contributed by atoms with Gasteiger partial charge in [-0.3, -0.25) is 9.78 Å². The van der Waals surface area contributed by atoms with Gasteiger partial charge in [-0.2, -0.15) is 0 Å². The van der Waals surface area contributed by atoms with Crippen molar-refractivity contribution < 1.29 is 9.53 Å². The fourth-order valence-corrected chi connectivity index (χ4v) is 3.51. The Morgan fingerprint density at radius 3 is 2.50 bits per heavy atom. The van der Waals surface area contributed by atoms with E-state index < -0.39 is 0 Å². The van der Waals surface area contributed by atoms with Crippen LogP contribution in [-0.4, -0.2) is 46.1 Å². The van der Waals surface area contributed by atoms with Crippen LogP contribution in [0.25, 0.3) is 22.3 Å². The van der Waals surface area contributed by atoms with E-state index in [0.717, 1.165) is 16.6 Å². The van der Waals surface area contributed by atoms with Gasteiger partial charge in [0, 0.05) is 24.7 Å². The highest BCUT2D eigenvalue weighted by molar-refractivity contribution is 6.07. The fraction of sp³-hybridized carbons (Fsp3) is 0.286. The first-order chi connectivity index (χ1) is 12.6. The highest BCUT2D eigenvalue weighted by atomic mass is 16.5. The summed E-state index contributed by atoms with van der Waals surface area (Å²) in [6.45, 7) is 5.19. The third kappa shape index (κ3) is 3.18. The molecule has 0 spiro atoms. The Kier molecular flexibility index (Phi) is 4.39. The number of morpholine rings is 1. The number of hydrogen-bond acceptors (Lipinski definition) is 4. The van der Waals surface area contributed by atoms with Crippen LogP contribution in [-0.2, 0) is 4.74 Å². The number of rotatable bonds is 2. The smallest absolute Gasteiger partial charge is 0.254 e. The Balaban J connectivity index is 1.81. The zero-order valence-corrected chi connectivity index (χ0v) is 14.9. The molecule has 1 fully saturated rings. The summed E-state index contributed by atoms with van der Waals surface area (Å²) in [5.41, 5.74) is 2.93. The van der Waals surface area contributed by atoms with Gasteiger partial charge >= 0.3 is 0 Å². The van der Waals surface area contributed by atoms with E-state index >= 15 is 0 Å². The van der Waals surface area contributed by atoms with Gasteiger partial charge in [0.1, 0.15) is 0 Å². The number of nitrogens with zero attached hydrogens (tertiary/aromatic N) is 3. The summed E-state index contributed by atoms with van der Waals surface area (Å²) in [4.78, 5) is 24.3. The van der Waals surface area contributed by atoms with Gasteiger partial charge in [-0.25, -0.2) is 4.98 Å². The molecule has 1 aromatic carbocycles. The van der Waals surface area contributed by atoms with Crippen LogP contribution >= 0.6 is 0 Å². The average molecular weight is 347 g/mol. The molecule has 1 amide bonds. The van der Waals surface area contributed by atoms with Crippen LogP contribution in [0.1, 0.15) is 24.2 Å². The first-order valence-corrected chi connectivity index (χ1v) is 8.88. The molecule has 0 aliphatic carbocycles. The monoisotopic (exact) mass is 347 g/mol. The van der Waals surface area contributed by atoms with Crippen LogP contribution in [0.2, 0.25) is 0 Å². The van der Waals surface area contributed by atoms with E-state index in [0.29, 0.717) is 24.3 Å². The van der Waals surface area contributed by atoms with Crippen molar-refractivity contribution in [1.29, 1.82) is 0 Å². The van der Waals surface area contributed by atoms with Crippen molar-refractivity contribution in [1.82, 2.24) is 14.9 Å². The minimum absolute atomic E-state index is 0.0165. The Morgan fingerprint density at radius 2 is 1.77 bits per heavy atom. The molecule has 3 heterocycles. The van der Waals surface area contributed by atoms with Gasteiger partial charge < -0.3 is 9.64 Å². The molecular formula is C21H21N3O2. The van der Waals surface area contributed by atoms with Crippen molar-refractivity contribution >= 4 is 16.8 Å². The van der Waals surface area contributed by atoms with E-state index in [1.165, 1.54) is 0 Å². The number of carbonyl (C=O) groups is 1. The maximum atomic E-state index is 13.3. The quantitative estimate of drug-likeness (QED) is 0.711. The number of para-hydroxylation sites is 1. The Labute approximate surface area is 152 Å². The highest BCUT2D eigenvalue weighted by Gasteiger charge is 2.28. The maximum Gasteiger partial charge on any atom is 0.254 e. The second-order valence-electron chi connectivity index (χ2n) is 6.75. The third-order valence-electron chi connectivity index (χ3n) is 4.58. The lowest BCUT2D eigenvalue weighted by molar-refractivity contribution is -0.0585. The molecule has 1 aliphatic heterocycles. The minimum atomic E-state index is 0.0165. The largest absolute Gasteiger partial charge is 0.372 e. The predicted octanol–water partition coefficient (Wildman–Crippen LogP) is 3.55. The normalized spacial score (nSPS) is 20.3. The van der Waals surface area contributed by atoms with E-state index in [2.05, 4.69) is 4.98 Å². The summed E-state index contributed by atoms with van der Waals surface area (Å²) < 4.78 is 5.77. The van der Waals surface area contributed by atoms with Crippen LogP contribution in [0.3, 0.4) is 0 Å². The topological polar surface area (TPSA) is 55.3 Å². The summed E-state index contributed by atoms with van der Waals surface area (Å²) in [5.74, 6) is 0.0165. The molecular weight excluding hydrogens is 326 g/mol. The number of fused-ring (bicyclic) bond motifs is 1. The lowest BCUT2D eigenvalue weighted by Crippen LogP contribution is -2.48. The molecule has 0 saturated carbocycles. The molecule has 5 nitrogen and oxygen atoms in total. The predicted molar refractivity (Wildman–Crippen MR) is 101 cm³/mol. The van der Waals surface area contributed by atoms with Gasteiger partial charge in [0.25, 0.3) is 5.91 Å². The van der Waals surface area contributed by atoms with Gasteiger partial charge in [-0.15, -0.1) is 0 Å². The molecule has 0 radical (unpaired) electrons. The molecule has 2 atom stereocenters. The van der Waals surface area contributed by atoms with Gasteiger partial charge in [0.2, 0.25) is 0 Å². The van der Waals surface area contributed by atoms with Crippen LogP contribution in [0.15, 0.2) is 54.7 Å². The molecule has 132 valence electrons. The molecule has 2 aromatic heterocycles. The Bertz CT molecular complexity index is 932. The zero-order chi connectivity index (χ0) is 18.1. The summed E-state index contributed by atoms with van der Waals surface area (Å²) in [5, 5.41) is 0.865. The zero-order valence-electron chi connectivity index (χ0n) is 14.9. The van der Waals surface area contributed by atoms with Gasteiger partial charge in [-0.1, -0.05) is 24.3 Å². The summed E-state index contributed by atoms with van der Waals surface area (Å²) in [6, 6.07) is 15.3. The number of amides is 1. The number of pyridine rings is 2. The van der Waals surface area contributed by atoms with Crippen LogP contribution in [0.5, 0.6) is 0 Å². The first-order valence-electron chi connectivity index (χ1n) is 8.88. The van der Waals surface area contributed by atoms with Crippen LogP contribution < -0.4 is 0 Å². The summed E-state index contributed by atoms with van der Waals surface area (Å²) in [6.07, 6.45) is 1.80. The number of ether oxygens (including phenoxy) is 1. The second-order valence-corrected chi connectivity index (χ2v) is 6.75. The van der Waals surface area contributed by atoms with E-state index in [-0.39, 0.29) is 18.1 Å². The lowest BCUT2D eigenvalue weighted by atomic mass is 10.0. The Hall–Kier alpha value is -2.79. The summed E-state index contributed by atoms with van der Waals surface area (Å²) in [7, 11) is 0. The lowest BCUT2D eigenvalue weighted by Gasteiger charge is -2.35. The molecule has 0 unspecified atom stereocenters. The second kappa shape index (κ2) is 6.84. The number of benzene rings is 1. The fourth-order valence-electron chi connectivity index (χ4n) is 3.51. The van der Waals surface area contributed by atoms with Gasteiger partial charge in [0.05, 0.1) is 34.7 Å². The highest BCUT2D eigenvalue weighted by Crippen LogP contribution is 2.25. The van der Waals surface area contributed by atoms with Crippen molar-refractivity contribution in [3.05, 3.63) is 60.3 Å². The molecule has 0 N–H and O–H groups in total. The van der Waals surface area contributed by atoms with Crippen molar-refractivity contribution in [2.24, 2.45) is 0 Å². The van der Waals surface area contributed by atoms with E-state index in [9.17, 15) is 4.79 Å². The van der Waals surface area contributed by atoms with E-state index in [1.807, 2.05) is 67.3 Å². The number of carbonyl (C=O) groups excluding carboxylic acids is 1. The third-order valence-corrected chi connectivity index (χ3v) is 4.58. The standard InChI is InChI=1S/C21H21N3O2/c1-14-12-24(13-15(2)26-14)21(25)17-11-20(19-9-5-6-10-22-19)23-18-8-4-3-7-16(17)18/h3-11,14-15H,12-13H2,1-2H3/t14-,15+. The van der Waals surface area contributed by atoms with Crippen molar-refractivity contribution in [2.75, 3.05) is 13.1 Å². The molecule has 0 bridgehead atoms. The molecule has 4 rings (SSSR count). The van der Waals surface area contributed by atoms with E-state index in [4.69, 9.17) is 9.72 Å². The first kappa shape index (κ1) is 16.7. The number of hydrogen-bond donors (Lipinski definition) is 0. The van der Waals surface area contributed by atoms with Crippen molar-refractivity contribution in [3.8, 4) is 11.4 Å². The number of aromatic nitrogens is 2. The van der Waals surface area contributed by atoms with E-state index in [1.54, 1.807) is 6.20 Å². The van der Waals surface area contributed by atoms with Crippen molar-refractivity contribution in [3.63, 3.8) is 0 Å². The van der Waals surface area contributed by atoms with Crippen LogP contribution in [0.4, 0.5) is 0 Å². The minimum Gasteiger partial charge on any atom is -0.372 e. The molecule has 26 heavy (non-hydrogen) atoms. The SMILES string of the molecule is C[C@@H]1CN(C(=O)c2cc(-c3ccccn3)nc3ccccc23)C[C@H](C)O1. The van der Waals surface area contributed by atoms with Crippen LogP contribution in [0, 0.1) is 0 Å². The summed E-state index contributed by atoms with van der Waals surface area (Å²) >= 11 is 0. The molecule has 1 aliphatic rings. The molecule has 5 heteroatoms. The van der Waals surface area contributed by atoms with Crippen molar-refractivity contribution in [2.45, 2.75) is 26.1 Å². The van der Waals surface area contributed by atoms with Gasteiger partial charge in [0.15, 0.2) is 0 Å². The maximum absolute atomic E-state index is 13.3. The van der Waals surface area contributed by atoms with Gasteiger partial charge in [-0.05, 0) is 38.1 Å².